The van der Waals surface area contributed by atoms with Gasteiger partial charge in [0.15, 0.2) is 13.9 Å². The van der Waals surface area contributed by atoms with Crippen molar-refractivity contribution in [2.75, 3.05) is 0 Å². The van der Waals surface area contributed by atoms with Crippen molar-refractivity contribution in [3.63, 3.8) is 0 Å². The zero-order chi connectivity index (χ0) is 26.3. The second-order valence-corrected chi connectivity index (χ2v) is 16.7. The molecule has 1 aromatic carbocycles. The summed E-state index contributed by atoms with van der Waals surface area (Å²) in [4.78, 5) is 21.8. The summed E-state index contributed by atoms with van der Waals surface area (Å²) in [7, 11) is -1.89. The molecule has 0 aliphatic rings. The number of fused-ring (bicyclic) bond motifs is 1. The number of oxazole rings is 1. The lowest BCUT2D eigenvalue weighted by Gasteiger charge is -2.38. The van der Waals surface area contributed by atoms with Gasteiger partial charge in [0.05, 0.1) is 17.2 Å². The highest BCUT2D eigenvalue weighted by molar-refractivity contribution is 7.13. The SMILES string of the molecule is Cc1csc(-c2nc3cccc(C(CC[C@H](C)O[Si](C)(C)C(C)(C)C)n4cnc(C(N)=O)c4)c3o2)c1. The molecule has 0 spiro atoms. The van der Waals surface area contributed by atoms with Gasteiger partial charge >= 0.3 is 0 Å². The maximum atomic E-state index is 11.8. The number of nitrogens with two attached hydrogens (primary N) is 1. The number of thiophene rings is 1. The maximum Gasteiger partial charge on any atom is 0.268 e. The van der Waals surface area contributed by atoms with Crippen molar-refractivity contribution in [2.45, 2.75) is 77.7 Å². The average Bonchev–Trinajstić information content (AvgIpc) is 3.52. The number of nitrogens with zero attached hydrogens (tertiary/aromatic N) is 3. The predicted molar refractivity (Wildman–Crippen MR) is 148 cm³/mol. The average molecular weight is 525 g/mol. The van der Waals surface area contributed by atoms with Crippen LogP contribution in [0, 0.1) is 6.92 Å². The van der Waals surface area contributed by atoms with E-state index in [1.807, 2.05) is 16.7 Å². The second-order valence-electron chi connectivity index (χ2n) is 11.1. The van der Waals surface area contributed by atoms with E-state index in [0.717, 1.165) is 34.4 Å². The largest absolute Gasteiger partial charge is 0.435 e. The monoisotopic (exact) mass is 524 g/mol. The zero-order valence-corrected chi connectivity index (χ0v) is 24.0. The number of carbonyl (C=O) groups is 1. The highest BCUT2D eigenvalue weighted by atomic mass is 32.1. The molecule has 9 heteroatoms. The summed E-state index contributed by atoms with van der Waals surface area (Å²) >= 11 is 1.62. The summed E-state index contributed by atoms with van der Waals surface area (Å²) in [6.07, 6.45) is 5.08. The Hall–Kier alpha value is -2.75. The van der Waals surface area contributed by atoms with Gasteiger partial charge in [-0.15, -0.1) is 11.3 Å². The first kappa shape index (κ1) is 26.3. The van der Waals surface area contributed by atoms with Gasteiger partial charge in [0.1, 0.15) is 11.2 Å². The Morgan fingerprint density at radius 2 is 2.03 bits per heavy atom. The van der Waals surface area contributed by atoms with Crippen molar-refractivity contribution in [1.29, 1.82) is 0 Å². The third-order valence-corrected chi connectivity index (χ3v) is 12.7. The Labute approximate surface area is 217 Å². The number of carbonyl (C=O) groups excluding carboxylic acids is 1. The standard InChI is InChI=1S/C27H36N4O3SSi/c1-17-13-23(35-15-17)26-30-20-10-8-9-19(24(20)33-26)22(31-14-21(25(28)32)29-16-31)12-11-18(2)34-36(6,7)27(3,4)5/h8-10,13-16,18,22H,11-12H2,1-7H3,(H2,28,32)/t18-,22?/m0/s1. The molecule has 2 N–H and O–H groups in total. The van der Waals surface area contributed by atoms with Crippen LogP contribution in [0.1, 0.15) is 68.2 Å². The number of rotatable bonds is 9. The predicted octanol–water partition coefficient (Wildman–Crippen LogP) is 6.94. The molecule has 1 unspecified atom stereocenters. The summed E-state index contributed by atoms with van der Waals surface area (Å²) in [5.41, 5.74) is 9.47. The smallest absolute Gasteiger partial charge is 0.268 e. The Bertz CT molecular complexity index is 1360. The molecule has 3 aromatic heterocycles. The highest BCUT2D eigenvalue weighted by Gasteiger charge is 2.38. The normalized spacial score (nSPS) is 14.3. The molecule has 0 saturated heterocycles. The first-order valence-corrected chi connectivity index (χ1v) is 16.1. The minimum absolute atomic E-state index is 0.0890. The van der Waals surface area contributed by atoms with Crippen LogP contribution in [0.3, 0.4) is 0 Å². The van der Waals surface area contributed by atoms with Crippen LogP contribution in [0.5, 0.6) is 0 Å². The molecular formula is C27H36N4O3SSi. The van der Waals surface area contributed by atoms with Crippen LogP contribution in [0.15, 0.2) is 46.6 Å². The second kappa shape index (κ2) is 9.95. The molecular weight excluding hydrogens is 488 g/mol. The van der Waals surface area contributed by atoms with Crippen LogP contribution in [0.25, 0.3) is 21.9 Å². The first-order chi connectivity index (χ1) is 16.9. The molecule has 7 nitrogen and oxygen atoms in total. The van der Waals surface area contributed by atoms with Crippen molar-refractivity contribution in [3.05, 3.63) is 59.0 Å². The lowest BCUT2D eigenvalue weighted by atomic mass is 9.99. The molecule has 0 fully saturated rings. The van der Waals surface area contributed by atoms with E-state index in [9.17, 15) is 4.79 Å². The molecule has 36 heavy (non-hydrogen) atoms. The molecule has 1 amide bonds. The number of hydrogen-bond acceptors (Lipinski definition) is 6. The van der Waals surface area contributed by atoms with Crippen molar-refractivity contribution in [3.8, 4) is 10.8 Å². The van der Waals surface area contributed by atoms with Crippen molar-refractivity contribution >= 4 is 36.7 Å². The van der Waals surface area contributed by atoms with E-state index in [1.54, 1.807) is 23.9 Å². The third kappa shape index (κ3) is 5.48. The lowest BCUT2D eigenvalue weighted by Crippen LogP contribution is -2.43. The Morgan fingerprint density at radius 1 is 1.28 bits per heavy atom. The molecule has 0 saturated carbocycles. The van der Waals surface area contributed by atoms with E-state index in [2.05, 4.69) is 70.2 Å². The fourth-order valence-corrected chi connectivity index (χ4v) is 6.41. The van der Waals surface area contributed by atoms with Crippen LogP contribution >= 0.6 is 11.3 Å². The molecule has 0 bridgehead atoms. The summed E-state index contributed by atoms with van der Waals surface area (Å²) in [5, 5.41) is 2.23. The summed E-state index contributed by atoms with van der Waals surface area (Å²) in [5.74, 6) is 0.0720. The van der Waals surface area contributed by atoms with Gasteiger partial charge in [-0.3, -0.25) is 4.79 Å². The minimum atomic E-state index is -1.89. The fraction of sp³-hybridized carbons (Fsp3) is 0.444. The van der Waals surface area contributed by atoms with Crippen LogP contribution < -0.4 is 5.73 Å². The molecule has 2 atom stereocenters. The lowest BCUT2D eigenvalue weighted by molar-refractivity contribution is 0.0996. The van der Waals surface area contributed by atoms with Gasteiger partial charge in [-0.1, -0.05) is 32.9 Å². The van der Waals surface area contributed by atoms with E-state index in [4.69, 9.17) is 19.6 Å². The van der Waals surface area contributed by atoms with E-state index in [0.29, 0.717) is 5.89 Å². The highest BCUT2D eigenvalue weighted by Crippen LogP contribution is 2.39. The number of aryl methyl sites for hydroxylation is 1. The number of aromatic nitrogens is 3. The zero-order valence-electron chi connectivity index (χ0n) is 22.2. The molecule has 0 aliphatic heterocycles. The fourth-order valence-electron chi connectivity index (χ4n) is 4.11. The number of hydrogen-bond donors (Lipinski definition) is 1. The molecule has 0 aliphatic carbocycles. The van der Waals surface area contributed by atoms with E-state index in [1.165, 1.54) is 5.56 Å². The summed E-state index contributed by atoms with van der Waals surface area (Å²) in [6.45, 7) is 15.5. The number of amides is 1. The Kier molecular flexibility index (Phi) is 7.27. The van der Waals surface area contributed by atoms with Crippen molar-refractivity contribution in [1.82, 2.24) is 14.5 Å². The quantitative estimate of drug-likeness (QED) is 0.239. The molecule has 4 aromatic rings. The first-order valence-electron chi connectivity index (χ1n) is 12.3. The minimum Gasteiger partial charge on any atom is -0.435 e. The summed E-state index contributed by atoms with van der Waals surface area (Å²) < 4.78 is 14.9. The van der Waals surface area contributed by atoms with Gasteiger partial charge in [0.2, 0.25) is 5.89 Å². The number of imidazole rings is 1. The Morgan fingerprint density at radius 3 is 2.64 bits per heavy atom. The van der Waals surface area contributed by atoms with Crippen LogP contribution in [0.2, 0.25) is 18.1 Å². The maximum absolute atomic E-state index is 11.8. The number of para-hydroxylation sites is 1. The van der Waals surface area contributed by atoms with E-state index in [-0.39, 0.29) is 22.9 Å². The number of primary amides is 1. The van der Waals surface area contributed by atoms with Crippen molar-refractivity contribution < 1.29 is 13.6 Å². The Balaban J connectivity index is 1.68. The van der Waals surface area contributed by atoms with Gasteiger partial charge in [0.25, 0.3) is 5.91 Å². The van der Waals surface area contributed by atoms with Gasteiger partial charge in [-0.25, -0.2) is 9.97 Å². The topological polar surface area (TPSA) is 96.2 Å². The molecule has 4 rings (SSSR count). The van der Waals surface area contributed by atoms with Crippen LogP contribution in [0.4, 0.5) is 0 Å². The van der Waals surface area contributed by atoms with E-state index < -0.39 is 14.2 Å². The van der Waals surface area contributed by atoms with Crippen LogP contribution in [-0.2, 0) is 4.43 Å². The van der Waals surface area contributed by atoms with Crippen LogP contribution in [-0.4, -0.2) is 34.9 Å². The van der Waals surface area contributed by atoms with Gasteiger partial charge in [0, 0.05) is 17.9 Å². The molecule has 0 radical (unpaired) electrons. The number of benzene rings is 1. The summed E-state index contributed by atoms with van der Waals surface area (Å²) in [6, 6.07) is 7.99. The van der Waals surface area contributed by atoms with Gasteiger partial charge < -0.3 is 19.1 Å². The van der Waals surface area contributed by atoms with Gasteiger partial charge in [-0.05, 0) is 67.9 Å². The molecule has 3 heterocycles. The van der Waals surface area contributed by atoms with E-state index >= 15 is 0 Å². The molecule has 192 valence electrons. The van der Waals surface area contributed by atoms with Gasteiger partial charge in [-0.2, -0.15) is 0 Å². The van der Waals surface area contributed by atoms with Crippen molar-refractivity contribution in [2.24, 2.45) is 5.73 Å². The third-order valence-electron chi connectivity index (χ3n) is 7.11.